The van der Waals surface area contributed by atoms with Crippen molar-refractivity contribution in [3.63, 3.8) is 0 Å². The standard InChI is InChI=1S/C12H18N2S/c1-2-10-11(3-1)15-12(14-10)8-13-7-6-9-4-5-9/h9,13H,1-8H2. The summed E-state index contributed by atoms with van der Waals surface area (Å²) < 4.78 is 0. The van der Waals surface area contributed by atoms with Crippen molar-refractivity contribution < 1.29 is 0 Å². The van der Waals surface area contributed by atoms with Gasteiger partial charge in [0, 0.05) is 11.4 Å². The van der Waals surface area contributed by atoms with Crippen LogP contribution in [0.5, 0.6) is 0 Å². The number of hydrogen-bond acceptors (Lipinski definition) is 3. The molecule has 0 unspecified atom stereocenters. The molecule has 0 bridgehead atoms. The van der Waals surface area contributed by atoms with Crippen LogP contribution in [0.2, 0.25) is 0 Å². The molecule has 0 aromatic carbocycles. The Morgan fingerprint density at radius 1 is 1.33 bits per heavy atom. The van der Waals surface area contributed by atoms with Crippen molar-refractivity contribution in [3.8, 4) is 0 Å². The summed E-state index contributed by atoms with van der Waals surface area (Å²) in [4.78, 5) is 6.23. The molecule has 2 aliphatic rings. The van der Waals surface area contributed by atoms with Crippen molar-refractivity contribution >= 4 is 11.3 Å². The lowest BCUT2D eigenvalue weighted by atomic mass is 10.3. The molecule has 0 spiro atoms. The maximum absolute atomic E-state index is 4.68. The Kier molecular flexibility index (Phi) is 2.76. The molecule has 2 aliphatic carbocycles. The van der Waals surface area contributed by atoms with E-state index >= 15 is 0 Å². The van der Waals surface area contributed by atoms with Crippen molar-refractivity contribution in [2.45, 2.75) is 45.1 Å². The highest BCUT2D eigenvalue weighted by atomic mass is 32.1. The first-order valence-electron chi connectivity index (χ1n) is 6.10. The Hall–Kier alpha value is -0.410. The summed E-state index contributed by atoms with van der Waals surface area (Å²) in [5.41, 5.74) is 1.39. The quantitative estimate of drug-likeness (QED) is 0.774. The summed E-state index contributed by atoms with van der Waals surface area (Å²) in [5, 5.41) is 4.81. The molecule has 0 aliphatic heterocycles. The van der Waals surface area contributed by atoms with Crippen LogP contribution in [0.25, 0.3) is 0 Å². The van der Waals surface area contributed by atoms with Gasteiger partial charge in [-0.2, -0.15) is 0 Å². The number of hydrogen-bond donors (Lipinski definition) is 1. The van der Waals surface area contributed by atoms with E-state index in [9.17, 15) is 0 Å². The fourth-order valence-electron chi connectivity index (χ4n) is 2.23. The number of fused-ring (bicyclic) bond motifs is 1. The topological polar surface area (TPSA) is 24.9 Å². The first kappa shape index (κ1) is 9.79. The molecule has 1 saturated carbocycles. The smallest absolute Gasteiger partial charge is 0.107 e. The van der Waals surface area contributed by atoms with Crippen LogP contribution in [0.3, 0.4) is 0 Å². The Balaban J connectivity index is 1.45. The lowest BCUT2D eigenvalue weighted by Gasteiger charge is -2.00. The summed E-state index contributed by atoms with van der Waals surface area (Å²) in [5.74, 6) is 1.04. The van der Waals surface area contributed by atoms with Crippen molar-refractivity contribution in [3.05, 3.63) is 15.6 Å². The van der Waals surface area contributed by atoms with E-state index in [1.165, 1.54) is 55.8 Å². The summed E-state index contributed by atoms with van der Waals surface area (Å²) >= 11 is 1.92. The van der Waals surface area contributed by atoms with Crippen molar-refractivity contribution in [1.29, 1.82) is 0 Å². The van der Waals surface area contributed by atoms with E-state index in [2.05, 4.69) is 10.3 Å². The van der Waals surface area contributed by atoms with Gasteiger partial charge in [0.1, 0.15) is 5.01 Å². The van der Waals surface area contributed by atoms with Gasteiger partial charge in [-0.05, 0) is 38.1 Å². The summed E-state index contributed by atoms with van der Waals surface area (Å²) in [6, 6.07) is 0. The highest BCUT2D eigenvalue weighted by molar-refractivity contribution is 7.11. The normalized spacial score (nSPS) is 19.5. The molecule has 3 heteroatoms. The Bertz CT molecular complexity index is 320. The number of rotatable bonds is 5. The molecule has 3 rings (SSSR count). The molecule has 1 aromatic heterocycles. The zero-order valence-corrected chi connectivity index (χ0v) is 9.91. The molecule has 0 atom stereocenters. The second-order valence-corrected chi connectivity index (χ2v) is 5.91. The van der Waals surface area contributed by atoms with Gasteiger partial charge in [-0.15, -0.1) is 11.3 Å². The fraction of sp³-hybridized carbons (Fsp3) is 0.750. The molecule has 82 valence electrons. The lowest BCUT2D eigenvalue weighted by Crippen LogP contribution is -2.15. The third kappa shape index (κ3) is 2.40. The van der Waals surface area contributed by atoms with E-state index in [0.717, 1.165) is 12.5 Å². The average molecular weight is 222 g/mol. The third-order valence-electron chi connectivity index (χ3n) is 3.34. The summed E-state index contributed by atoms with van der Waals surface area (Å²) in [6.07, 6.45) is 8.11. The summed E-state index contributed by atoms with van der Waals surface area (Å²) in [6.45, 7) is 2.17. The van der Waals surface area contributed by atoms with Crippen LogP contribution in [0, 0.1) is 5.92 Å². The van der Waals surface area contributed by atoms with Gasteiger partial charge in [0.25, 0.3) is 0 Å². The number of nitrogens with zero attached hydrogens (tertiary/aromatic N) is 1. The van der Waals surface area contributed by atoms with Crippen LogP contribution in [0.4, 0.5) is 0 Å². The molecule has 2 nitrogen and oxygen atoms in total. The Morgan fingerprint density at radius 2 is 2.27 bits per heavy atom. The average Bonchev–Trinajstić information content (AvgIpc) is 2.81. The first-order valence-corrected chi connectivity index (χ1v) is 6.91. The second kappa shape index (κ2) is 4.22. The molecular weight excluding hydrogens is 204 g/mol. The highest BCUT2D eigenvalue weighted by Crippen LogP contribution is 2.31. The van der Waals surface area contributed by atoms with Crippen LogP contribution in [-0.4, -0.2) is 11.5 Å². The number of aromatic nitrogens is 1. The Morgan fingerprint density at radius 3 is 3.07 bits per heavy atom. The van der Waals surface area contributed by atoms with Gasteiger partial charge >= 0.3 is 0 Å². The summed E-state index contributed by atoms with van der Waals surface area (Å²) in [7, 11) is 0. The number of nitrogens with one attached hydrogen (secondary N) is 1. The van der Waals surface area contributed by atoms with Gasteiger partial charge in [-0.1, -0.05) is 12.8 Å². The predicted octanol–water partition coefficient (Wildman–Crippen LogP) is 2.52. The minimum Gasteiger partial charge on any atom is -0.310 e. The van der Waals surface area contributed by atoms with Gasteiger partial charge < -0.3 is 5.32 Å². The van der Waals surface area contributed by atoms with E-state index in [-0.39, 0.29) is 0 Å². The van der Waals surface area contributed by atoms with E-state index in [1.54, 1.807) is 4.88 Å². The third-order valence-corrected chi connectivity index (χ3v) is 4.50. The van der Waals surface area contributed by atoms with Crippen LogP contribution in [0.15, 0.2) is 0 Å². The van der Waals surface area contributed by atoms with Gasteiger partial charge in [0.05, 0.1) is 5.69 Å². The molecule has 1 heterocycles. The highest BCUT2D eigenvalue weighted by Gasteiger charge is 2.20. The molecule has 0 radical (unpaired) electrons. The largest absolute Gasteiger partial charge is 0.310 e. The lowest BCUT2D eigenvalue weighted by molar-refractivity contribution is 0.611. The van der Waals surface area contributed by atoms with Gasteiger partial charge in [0.15, 0.2) is 0 Å². The van der Waals surface area contributed by atoms with Gasteiger partial charge in [-0.25, -0.2) is 4.98 Å². The van der Waals surface area contributed by atoms with Crippen molar-refractivity contribution in [2.75, 3.05) is 6.54 Å². The van der Waals surface area contributed by atoms with Gasteiger partial charge in [-0.3, -0.25) is 0 Å². The van der Waals surface area contributed by atoms with Crippen molar-refractivity contribution in [2.24, 2.45) is 5.92 Å². The minimum atomic E-state index is 0.990. The number of aryl methyl sites for hydroxylation is 2. The fourth-order valence-corrected chi connectivity index (χ4v) is 3.35. The SMILES string of the molecule is C1Cc2nc(CNCCC3CC3)sc2C1. The van der Waals surface area contributed by atoms with Crippen molar-refractivity contribution in [1.82, 2.24) is 10.3 Å². The van der Waals surface area contributed by atoms with Crippen LogP contribution in [0.1, 0.15) is 41.3 Å². The molecule has 1 N–H and O–H groups in total. The van der Waals surface area contributed by atoms with Crippen LogP contribution >= 0.6 is 11.3 Å². The molecule has 0 amide bonds. The van der Waals surface area contributed by atoms with E-state index < -0.39 is 0 Å². The molecule has 1 fully saturated rings. The predicted molar refractivity (Wildman–Crippen MR) is 63.2 cm³/mol. The maximum atomic E-state index is 4.68. The minimum absolute atomic E-state index is 0.990. The molecule has 0 saturated heterocycles. The molecule has 15 heavy (non-hydrogen) atoms. The number of thiazole rings is 1. The zero-order chi connectivity index (χ0) is 10.1. The zero-order valence-electron chi connectivity index (χ0n) is 9.09. The van der Waals surface area contributed by atoms with E-state index in [0.29, 0.717) is 0 Å². The van der Waals surface area contributed by atoms with E-state index in [4.69, 9.17) is 0 Å². The monoisotopic (exact) mass is 222 g/mol. The Labute approximate surface area is 95.1 Å². The molecular formula is C12H18N2S. The second-order valence-electron chi connectivity index (χ2n) is 4.74. The molecule has 1 aromatic rings. The maximum Gasteiger partial charge on any atom is 0.107 e. The van der Waals surface area contributed by atoms with Crippen LogP contribution in [-0.2, 0) is 19.4 Å². The van der Waals surface area contributed by atoms with Gasteiger partial charge in [0.2, 0.25) is 0 Å². The first-order chi connectivity index (χ1) is 7.42. The van der Waals surface area contributed by atoms with E-state index in [1.807, 2.05) is 11.3 Å². The van der Waals surface area contributed by atoms with Crippen LogP contribution < -0.4 is 5.32 Å².